The topological polar surface area (TPSA) is 55.8 Å². The molecule has 0 saturated carbocycles. The van der Waals surface area contributed by atoms with Crippen molar-refractivity contribution in [2.24, 2.45) is 0 Å². The zero-order chi connectivity index (χ0) is 15.5. The monoisotopic (exact) mass is 323 g/mol. The van der Waals surface area contributed by atoms with Gasteiger partial charge in [0.25, 0.3) is 0 Å². The summed E-state index contributed by atoms with van der Waals surface area (Å²) in [5.74, 6) is 0. The number of hydrogen-bond donors (Lipinski definition) is 2. The van der Waals surface area contributed by atoms with Crippen LogP contribution in [0.25, 0.3) is 0 Å². The summed E-state index contributed by atoms with van der Waals surface area (Å²) in [5, 5.41) is 13.1. The minimum Gasteiger partial charge on any atom is -0.391 e. The van der Waals surface area contributed by atoms with Crippen LogP contribution in [-0.4, -0.2) is 48.3 Å². The molecule has 120 valence electrons. The molecule has 0 aromatic heterocycles. The van der Waals surface area contributed by atoms with Crippen molar-refractivity contribution >= 4 is 29.0 Å². The van der Waals surface area contributed by atoms with Crippen LogP contribution in [0.2, 0.25) is 5.02 Å². The molecule has 6 heteroatoms. The number of anilines is 2. The molecule has 0 radical (unpaired) electrons. The summed E-state index contributed by atoms with van der Waals surface area (Å²) in [7, 11) is 0. The van der Waals surface area contributed by atoms with Gasteiger partial charge in [-0.05, 0) is 43.9 Å². The standard InChI is InChI=1S/C16H22ClN3O2/c17-12-4-5-15(19-7-2-1-3-8-19)14(10-12)18-16(22)20-9-6-13(21)11-20/h4-5,10,13,21H,1-3,6-9,11H2,(H,18,22)/t13-/m1/s1. The van der Waals surface area contributed by atoms with Gasteiger partial charge >= 0.3 is 6.03 Å². The first-order valence-electron chi connectivity index (χ1n) is 7.92. The van der Waals surface area contributed by atoms with Crippen LogP contribution in [0.3, 0.4) is 0 Å². The highest BCUT2D eigenvalue weighted by Crippen LogP contribution is 2.31. The number of β-amino-alcohol motifs (C(OH)–C–C–N with tert-alkyl or cyclic N) is 1. The number of piperidine rings is 1. The number of aliphatic hydroxyl groups excluding tert-OH is 1. The SMILES string of the molecule is O=C(Nc1cc(Cl)ccc1N1CCCCC1)N1CC[C@@H](O)C1. The van der Waals surface area contributed by atoms with Crippen LogP contribution in [0.1, 0.15) is 25.7 Å². The molecule has 0 aliphatic carbocycles. The second-order valence-corrected chi connectivity index (χ2v) is 6.46. The minimum atomic E-state index is -0.410. The molecule has 2 aliphatic rings. The Morgan fingerprint density at radius 3 is 2.68 bits per heavy atom. The van der Waals surface area contributed by atoms with Crippen LogP contribution in [0.5, 0.6) is 0 Å². The number of carbonyl (C=O) groups is 1. The van der Waals surface area contributed by atoms with Crippen molar-refractivity contribution in [2.75, 3.05) is 36.4 Å². The number of aliphatic hydroxyl groups is 1. The molecular weight excluding hydrogens is 302 g/mol. The fourth-order valence-corrected chi connectivity index (χ4v) is 3.31. The molecule has 0 unspecified atom stereocenters. The second-order valence-electron chi connectivity index (χ2n) is 6.03. The molecule has 2 aliphatic heterocycles. The third-order valence-corrected chi connectivity index (χ3v) is 4.58. The molecule has 2 fully saturated rings. The fraction of sp³-hybridized carbons (Fsp3) is 0.562. The Morgan fingerprint density at radius 1 is 1.23 bits per heavy atom. The number of benzene rings is 1. The zero-order valence-corrected chi connectivity index (χ0v) is 13.4. The van der Waals surface area contributed by atoms with Crippen LogP contribution in [-0.2, 0) is 0 Å². The van der Waals surface area contributed by atoms with Gasteiger partial charge in [0.2, 0.25) is 0 Å². The van der Waals surface area contributed by atoms with Gasteiger partial charge in [-0.25, -0.2) is 4.79 Å². The summed E-state index contributed by atoms with van der Waals surface area (Å²) < 4.78 is 0. The Bertz CT molecular complexity index is 546. The van der Waals surface area contributed by atoms with E-state index in [0.29, 0.717) is 24.5 Å². The molecule has 0 bridgehead atoms. The maximum atomic E-state index is 12.3. The van der Waals surface area contributed by atoms with E-state index in [9.17, 15) is 9.90 Å². The minimum absolute atomic E-state index is 0.169. The third kappa shape index (κ3) is 3.47. The van der Waals surface area contributed by atoms with Crippen molar-refractivity contribution in [1.29, 1.82) is 0 Å². The molecule has 2 saturated heterocycles. The number of halogens is 1. The van der Waals surface area contributed by atoms with Crippen LogP contribution < -0.4 is 10.2 Å². The number of nitrogens with zero attached hydrogens (tertiary/aromatic N) is 2. The van der Waals surface area contributed by atoms with Gasteiger partial charge in [0.15, 0.2) is 0 Å². The molecule has 1 aromatic carbocycles. The van der Waals surface area contributed by atoms with Crippen molar-refractivity contribution in [3.8, 4) is 0 Å². The van der Waals surface area contributed by atoms with Gasteiger partial charge in [-0.3, -0.25) is 0 Å². The molecule has 2 N–H and O–H groups in total. The average molecular weight is 324 g/mol. The lowest BCUT2D eigenvalue weighted by atomic mass is 10.1. The zero-order valence-electron chi connectivity index (χ0n) is 12.6. The van der Waals surface area contributed by atoms with Crippen LogP contribution in [0, 0.1) is 0 Å². The maximum absolute atomic E-state index is 12.3. The lowest BCUT2D eigenvalue weighted by molar-refractivity contribution is 0.176. The van der Waals surface area contributed by atoms with Gasteiger partial charge in [-0.15, -0.1) is 0 Å². The van der Waals surface area contributed by atoms with Crippen LogP contribution in [0.15, 0.2) is 18.2 Å². The van der Waals surface area contributed by atoms with E-state index in [4.69, 9.17) is 11.6 Å². The van der Waals surface area contributed by atoms with E-state index in [1.807, 2.05) is 12.1 Å². The Hall–Kier alpha value is -1.46. The molecule has 1 atom stereocenters. The van der Waals surface area contributed by atoms with E-state index in [1.165, 1.54) is 19.3 Å². The summed E-state index contributed by atoms with van der Waals surface area (Å²) in [4.78, 5) is 16.3. The molecule has 3 rings (SSSR count). The number of urea groups is 1. The van der Waals surface area contributed by atoms with Crippen molar-refractivity contribution in [2.45, 2.75) is 31.8 Å². The van der Waals surface area contributed by atoms with Crippen molar-refractivity contribution in [1.82, 2.24) is 4.90 Å². The number of amides is 2. The van der Waals surface area contributed by atoms with E-state index < -0.39 is 6.10 Å². The Morgan fingerprint density at radius 2 is 2.00 bits per heavy atom. The van der Waals surface area contributed by atoms with E-state index in [-0.39, 0.29) is 6.03 Å². The molecule has 2 heterocycles. The van der Waals surface area contributed by atoms with Gasteiger partial charge < -0.3 is 20.2 Å². The first-order valence-corrected chi connectivity index (χ1v) is 8.30. The summed E-state index contributed by atoms with van der Waals surface area (Å²) in [6.45, 7) is 3.00. The molecule has 22 heavy (non-hydrogen) atoms. The normalized spacial score (nSPS) is 22.0. The molecule has 5 nitrogen and oxygen atoms in total. The summed E-state index contributed by atoms with van der Waals surface area (Å²) in [6, 6.07) is 5.47. The van der Waals surface area contributed by atoms with E-state index in [1.54, 1.807) is 11.0 Å². The molecule has 0 spiro atoms. The quantitative estimate of drug-likeness (QED) is 0.880. The predicted octanol–water partition coefficient (Wildman–Crippen LogP) is 2.93. The second kappa shape index (κ2) is 6.75. The lowest BCUT2D eigenvalue weighted by Gasteiger charge is -2.31. The van der Waals surface area contributed by atoms with E-state index in [0.717, 1.165) is 24.5 Å². The number of hydrogen-bond acceptors (Lipinski definition) is 3. The molecule has 2 amide bonds. The molecular formula is C16H22ClN3O2. The van der Waals surface area contributed by atoms with Gasteiger partial charge in [-0.2, -0.15) is 0 Å². The van der Waals surface area contributed by atoms with E-state index >= 15 is 0 Å². The summed E-state index contributed by atoms with van der Waals surface area (Å²) in [6.07, 6.45) is 3.84. The number of nitrogens with one attached hydrogen (secondary N) is 1. The van der Waals surface area contributed by atoms with Crippen molar-refractivity contribution in [3.63, 3.8) is 0 Å². The fourth-order valence-electron chi connectivity index (χ4n) is 3.14. The van der Waals surface area contributed by atoms with Gasteiger partial charge in [0.05, 0.1) is 17.5 Å². The Balaban J connectivity index is 1.76. The smallest absolute Gasteiger partial charge is 0.321 e. The Kier molecular flexibility index (Phi) is 4.74. The van der Waals surface area contributed by atoms with Crippen LogP contribution >= 0.6 is 11.6 Å². The lowest BCUT2D eigenvalue weighted by Crippen LogP contribution is -2.35. The highest BCUT2D eigenvalue weighted by atomic mass is 35.5. The van der Waals surface area contributed by atoms with Gasteiger partial charge in [0, 0.05) is 31.2 Å². The molecule has 1 aromatic rings. The van der Waals surface area contributed by atoms with E-state index in [2.05, 4.69) is 10.2 Å². The summed E-state index contributed by atoms with van der Waals surface area (Å²) >= 11 is 6.10. The predicted molar refractivity (Wildman–Crippen MR) is 88.7 cm³/mol. The van der Waals surface area contributed by atoms with Gasteiger partial charge in [-0.1, -0.05) is 11.6 Å². The number of likely N-dealkylation sites (tertiary alicyclic amines) is 1. The number of rotatable bonds is 2. The first-order chi connectivity index (χ1) is 10.6. The first kappa shape index (κ1) is 15.4. The maximum Gasteiger partial charge on any atom is 0.321 e. The van der Waals surface area contributed by atoms with Gasteiger partial charge in [0.1, 0.15) is 0 Å². The highest BCUT2D eigenvalue weighted by molar-refractivity contribution is 6.31. The van der Waals surface area contributed by atoms with Crippen molar-refractivity contribution < 1.29 is 9.90 Å². The largest absolute Gasteiger partial charge is 0.391 e. The number of carbonyl (C=O) groups excluding carboxylic acids is 1. The Labute approximate surface area is 135 Å². The van der Waals surface area contributed by atoms with Crippen molar-refractivity contribution in [3.05, 3.63) is 23.2 Å². The highest BCUT2D eigenvalue weighted by Gasteiger charge is 2.25. The average Bonchev–Trinajstić information content (AvgIpc) is 2.95. The third-order valence-electron chi connectivity index (χ3n) is 4.35. The summed E-state index contributed by atoms with van der Waals surface area (Å²) in [5.41, 5.74) is 1.78. The van der Waals surface area contributed by atoms with Crippen LogP contribution in [0.4, 0.5) is 16.2 Å².